The van der Waals surface area contributed by atoms with E-state index in [9.17, 15) is 9.59 Å². The van der Waals surface area contributed by atoms with E-state index in [1.54, 1.807) is 0 Å². The van der Waals surface area contributed by atoms with Crippen LogP contribution in [0.25, 0.3) is 0 Å². The highest BCUT2D eigenvalue weighted by atomic mass is 16.4. The van der Waals surface area contributed by atoms with Crippen molar-refractivity contribution in [3.63, 3.8) is 0 Å². The highest BCUT2D eigenvalue weighted by Crippen LogP contribution is 2.24. The summed E-state index contributed by atoms with van der Waals surface area (Å²) in [5.41, 5.74) is 0. The zero-order valence-electron chi connectivity index (χ0n) is 10.8. The molecule has 1 aliphatic rings. The molecule has 0 spiro atoms. The first kappa shape index (κ1) is 13.5. The van der Waals surface area contributed by atoms with Crippen LogP contribution in [0.2, 0.25) is 0 Å². The van der Waals surface area contributed by atoms with Gasteiger partial charge in [0.25, 0.3) is 5.91 Å². The van der Waals surface area contributed by atoms with E-state index in [0.717, 1.165) is 0 Å². The number of H-pyrrole nitrogens is 1. The predicted octanol–water partition coefficient (Wildman–Crippen LogP) is 0.740. The Morgan fingerprint density at radius 3 is 2.58 bits per heavy atom. The number of carbonyl (C=O) groups excluding carboxylic acids is 1. The second-order valence-corrected chi connectivity index (χ2v) is 4.82. The number of carbonyl (C=O) groups is 2. The van der Waals surface area contributed by atoms with Gasteiger partial charge in [-0.2, -0.15) is 0 Å². The summed E-state index contributed by atoms with van der Waals surface area (Å²) in [5, 5.41) is 18.3. The maximum Gasteiger partial charge on any atom is 0.306 e. The summed E-state index contributed by atoms with van der Waals surface area (Å²) in [6.45, 7) is 1.93. The van der Waals surface area contributed by atoms with Gasteiger partial charge in [-0.15, -0.1) is 5.10 Å². The predicted molar refractivity (Wildman–Crippen MR) is 66.6 cm³/mol. The summed E-state index contributed by atoms with van der Waals surface area (Å²) in [7, 11) is 0. The van der Waals surface area contributed by atoms with Gasteiger partial charge in [-0.3, -0.25) is 14.7 Å². The molecule has 1 aliphatic carbocycles. The summed E-state index contributed by atoms with van der Waals surface area (Å²) in [5.74, 6) is -0.485. The third kappa shape index (κ3) is 3.30. The van der Waals surface area contributed by atoms with Crippen molar-refractivity contribution in [1.82, 2.24) is 20.5 Å². The maximum absolute atomic E-state index is 11.9. The average molecular weight is 266 g/mol. The number of hydrogen-bond donors (Lipinski definition) is 3. The van der Waals surface area contributed by atoms with E-state index in [4.69, 9.17) is 5.11 Å². The molecule has 0 unspecified atom stereocenters. The van der Waals surface area contributed by atoms with Crippen molar-refractivity contribution < 1.29 is 14.7 Å². The second kappa shape index (κ2) is 5.81. The van der Waals surface area contributed by atoms with Crippen LogP contribution in [0.4, 0.5) is 0 Å². The number of amides is 1. The fourth-order valence-corrected chi connectivity index (χ4v) is 2.29. The molecule has 0 saturated heterocycles. The zero-order valence-corrected chi connectivity index (χ0v) is 10.8. The Hall–Kier alpha value is -1.92. The highest BCUT2D eigenvalue weighted by Gasteiger charge is 2.27. The molecule has 0 aromatic carbocycles. The Balaban J connectivity index is 1.85. The van der Waals surface area contributed by atoms with Crippen LogP contribution in [0.5, 0.6) is 0 Å². The van der Waals surface area contributed by atoms with Crippen molar-refractivity contribution in [2.75, 3.05) is 0 Å². The van der Waals surface area contributed by atoms with Crippen LogP contribution in [0.1, 0.15) is 49.1 Å². The Morgan fingerprint density at radius 1 is 1.37 bits per heavy atom. The number of carboxylic acid groups (broad SMARTS) is 1. The number of nitrogens with one attached hydrogen (secondary N) is 2. The lowest BCUT2D eigenvalue weighted by Gasteiger charge is -2.26. The van der Waals surface area contributed by atoms with E-state index >= 15 is 0 Å². The lowest BCUT2D eigenvalue weighted by molar-refractivity contribution is -0.142. The molecule has 1 amide bonds. The van der Waals surface area contributed by atoms with Gasteiger partial charge in [-0.05, 0) is 25.7 Å². The van der Waals surface area contributed by atoms with E-state index < -0.39 is 5.97 Å². The standard InChI is InChI=1S/C12H18N4O3/c1-2-9-14-10(16-15-9)11(17)13-8-5-3-7(4-6-8)12(18)19/h7-8H,2-6H2,1H3,(H,13,17)(H,18,19)(H,14,15,16). The summed E-state index contributed by atoms with van der Waals surface area (Å²) in [4.78, 5) is 26.8. The third-order valence-corrected chi connectivity index (χ3v) is 3.48. The molecule has 0 radical (unpaired) electrons. The number of rotatable bonds is 4. The zero-order chi connectivity index (χ0) is 13.8. The molecule has 19 heavy (non-hydrogen) atoms. The number of aromatic nitrogens is 3. The molecule has 1 saturated carbocycles. The summed E-state index contributed by atoms with van der Waals surface area (Å²) in [6.07, 6.45) is 3.29. The van der Waals surface area contributed by atoms with Gasteiger partial charge in [0.15, 0.2) is 0 Å². The van der Waals surface area contributed by atoms with Crippen LogP contribution in [0.3, 0.4) is 0 Å². The molecule has 0 atom stereocenters. The van der Waals surface area contributed by atoms with Gasteiger partial charge < -0.3 is 10.4 Å². The molecule has 1 fully saturated rings. The average Bonchev–Trinajstić information content (AvgIpc) is 2.88. The van der Waals surface area contributed by atoms with Gasteiger partial charge >= 0.3 is 5.97 Å². The van der Waals surface area contributed by atoms with Crippen molar-refractivity contribution in [2.24, 2.45) is 5.92 Å². The Bertz CT molecular complexity index is 463. The Kier molecular flexibility index (Phi) is 4.13. The number of nitrogens with zero attached hydrogens (tertiary/aromatic N) is 2. The van der Waals surface area contributed by atoms with Gasteiger partial charge in [0.2, 0.25) is 5.82 Å². The monoisotopic (exact) mass is 266 g/mol. The lowest BCUT2D eigenvalue weighted by Crippen LogP contribution is -2.39. The molecule has 104 valence electrons. The second-order valence-electron chi connectivity index (χ2n) is 4.82. The molecule has 1 aromatic rings. The van der Waals surface area contributed by atoms with E-state index in [1.807, 2.05) is 6.92 Å². The Morgan fingerprint density at radius 2 is 2.05 bits per heavy atom. The van der Waals surface area contributed by atoms with Crippen LogP contribution < -0.4 is 5.32 Å². The highest BCUT2D eigenvalue weighted by molar-refractivity contribution is 5.90. The van der Waals surface area contributed by atoms with E-state index in [2.05, 4.69) is 20.5 Å². The fraction of sp³-hybridized carbons (Fsp3) is 0.667. The normalized spacial score (nSPS) is 23.0. The topological polar surface area (TPSA) is 108 Å². The van der Waals surface area contributed by atoms with Gasteiger partial charge in [0.1, 0.15) is 5.82 Å². The largest absolute Gasteiger partial charge is 0.481 e. The smallest absolute Gasteiger partial charge is 0.306 e. The van der Waals surface area contributed by atoms with Crippen molar-refractivity contribution in [1.29, 1.82) is 0 Å². The van der Waals surface area contributed by atoms with Crippen LogP contribution in [0.15, 0.2) is 0 Å². The number of aryl methyl sites for hydroxylation is 1. The molecule has 0 aliphatic heterocycles. The quantitative estimate of drug-likeness (QED) is 0.745. The van der Waals surface area contributed by atoms with E-state index in [0.29, 0.717) is 37.9 Å². The molecule has 0 bridgehead atoms. The van der Waals surface area contributed by atoms with Crippen molar-refractivity contribution in [2.45, 2.75) is 45.1 Å². The number of aromatic amines is 1. The minimum atomic E-state index is -0.744. The van der Waals surface area contributed by atoms with E-state index in [1.165, 1.54) is 0 Å². The first-order valence-electron chi connectivity index (χ1n) is 6.55. The molecule has 2 rings (SSSR count). The number of hydrogen-bond acceptors (Lipinski definition) is 4. The summed E-state index contributed by atoms with van der Waals surface area (Å²) < 4.78 is 0. The van der Waals surface area contributed by atoms with Gasteiger partial charge in [0, 0.05) is 12.5 Å². The van der Waals surface area contributed by atoms with Crippen LogP contribution in [-0.4, -0.2) is 38.2 Å². The molecule has 1 aromatic heterocycles. The van der Waals surface area contributed by atoms with Crippen molar-refractivity contribution >= 4 is 11.9 Å². The molecule has 1 heterocycles. The van der Waals surface area contributed by atoms with Gasteiger partial charge in [-0.1, -0.05) is 6.92 Å². The first-order chi connectivity index (χ1) is 9.10. The minimum Gasteiger partial charge on any atom is -0.481 e. The number of aliphatic carboxylic acids is 1. The molecule has 3 N–H and O–H groups in total. The summed E-state index contributed by atoms with van der Waals surface area (Å²) in [6, 6.07) is 0.0201. The van der Waals surface area contributed by atoms with Gasteiger partial charge in [-0.25, -0.2) is 4.98 Å². The van der Waals surface area contributed by atoms with Crippen LogP contribution in [0, 0.1) is 5.92 Å². The molecule has 7 heteroatoms. The first-order valence-corrected chi connectivity index (χ1v) is 6.55. The van der Waals surface area contributed by atoms with E-state index in [-0.39, 0.29) is 23.7 Å². The lowest BCUT2D eigenvalue weighted by atomic mass is 9.86. The molecular weight excluding hydrogens is 248 g/mol. The maximum atomic E-state index is 11.9. The van der Waals surface area contributed by atoms with Crippen molar-refractivity contribution in [3.05, 3.63) is 11.6 Å². The van der Waals surface area contributed by atoms with Crippen molar-refractivity contribution in [3.8, 4) is 0 Å². The third-order valence-electron chi connectivity index (χ3n) is 3.48. The molecular formula is C12H18N4O3. The van der Waals surface area contributed by atoms with Crippen LogP contribution >= 0.6 is 0 Å². The number of carboxylic acids is 1. The summed E-state index contributed by atoms with van der Waals surface area (Å²) >= 11 is 0. The van der Waals surface area contributed by atoms with Gasteiger partial charge in [0.05, 0.1) is 5.92 Å². The minimum absolute atomic E-state index is 0.0201. The van der Waals surface area contributed by atoms with Crippen LogP contribution in [-0.2, 0) is 11.2 Å². The SMILES string of the molecule is CCc1nc(C(=O)NC2CCC(C(=O)O)CC2)n[nH]1. The fourth-order valence-electron chi connectivity index (χ4n) is 2.29. The molecule has 7 nitrogen and oxygen atoms in total. The Labute approximate surface area is 110 Å².